The Hall–Kier alpha value is -3.23. The van der Waals surface area contributed by atoms with Crippen LogP contribution in [0.25, 0.3) is 0 Å². The number of alkyl halides is 3. The lowest BCUT2D eigenvalue weighted by molar-refractivity contribution is -0.137. The van der Waals surface area contributed by atoms with Gasteiger partial charge >= 0.3 is 18.0 Å². The fourth-order valence-electron chi connectivity index (χ4n) is 2.02. The van der Waals surface area contributed by atoms with Gasteiger partial charge in [-0.05, 0) is 36.4 Å². The summed E-state index contributed by atoms with van der Waals surface area (Å²) in [6.07, 6.45) is -4.48. The second-order valence-corrected chi connectivity index (χ2v) is 5.05. The predicted molar refractivity (Wildman–Crippen MR) is 88.2 cm³/mol. The molecule has 0 spiro atoms. The quantitative estimate of drug-likeness (QED) is 0.812. The van der Waals surface area contributed by atoms with Gasteiger partial charge < -0.3 is 20.1 Å². The van der Waals surface area contributed by atoms with E-state index in [0.29, 0.717) is 11.5 Å². The minimum Gasteiger partial charge on any atom is -0.497 e. The number of hydrogen-bond donors (Lipinski definition) is 2. The van der Waals surface area contributed by atoms with Gasteiger partial charge in [0, 0.05) is 11.8 Å². The number of anilines is 2. The van der Waals surface area contributed by atoms with E-state index < -0.39 is 23.6 Å². The summed E-state index contributed by atoms with van der Waals surface area (Å²) in [6.45, 7) is 0. The van der Waals surface area contributed by atoms with E-state index in [1.807, 2.05) is 0 Å². The van der Waals surface area contributed by atoms with Gasteiger partial charge in [-0.2, -0.15) is 13.2 Å². The number of halogens is 3. The maximum atomic E-state index is 12.5. The molecule has 2 aromatic rings. The Bertz CT molecular complexity index is 805. The number of nitrogens with one attached hydrogen (secondary N) is 2. The topological polar surface area (TPSA) is 76.7 Å². The Kier molecular flexibility index (Phi) is 5.71. The first-order chi connectivity index (χ1) is 12.2. The highest BCUT2D eigenvalue weighted by atomic mass is 19.4. The van der Waals surface area contributed by atoms with Crippen LogP contribution in [0.2, 0.25) is 0 Å². The molecule has 2 aromatic carbocycles. The maximum Gasteiger partial charge on any atom is 0.416 e. The summed E-state index contributed by atoms with van der Waals surface area (Å²) in [4.78, 5) is 23.9. The smallest absolute Gasteiger partial charge is 0.416 e. The first-order valence-corrected chi connectivity index (χ1v) is 7.26. The van der Waals surface area contributed by atoms with Gasteiger partial charge in [0.2, 0.25) is 0 Å². The predicted octanol–water partition coefficient (Wildman–Crippen LogP) is 3.30. The average Bonchev–Trinajstić information content (AvgIpc) is 2.61. The molecule has 2 amide bonds. The lowest BCUT2D eigenvalue weighted by atomic mass is 10.2. The van der Waals surface area contributed by atoms with Crippen molar-refractivity contribution in [2.24, 2.45) is 0 Å². The van der Waals surface area contributed by atoms with Gasteiger partial charge in [-0.1, -0.05) is 0 Å². The summed E-state index contributed by atoms with van der Waals surface area (Å²) in [5.74, 6) is -1.32. The molecule has 0 saturated heterocycles. The van der Waals surface area contributed by atoms with Gasteiger partial charge in [-0.3, -0.25) is 9.59 Å². The summed E-state index contributed by atoms with van der Waals surface area (Å²) in [6, 6.07) is 8.33. The van der Waals surface area contributed by atoms with Crippen LogP contribution in [0.15, 0.2) is 42.5 Å². The first-order valence-electron chi connectivity index (χ1n) is 7.26. The van der Waals surface area contributed by atoms with Crippen LogP contribution in [-0.2, 0) is 15.8 Å². The molecule has 26 heavy (non-hydrogen) atoms. The lowest BCUT2D eigenvalue weighted by Gasteiger charge is -2.12. The van der Waals surface area contributed by atoms with Crippen molar-refractivity contribution in [3.05, 3.63) is 48.0 Å². The zero-order chi connectivity index (χ0) is 19.3. The third kappa shape index (κ3) is 4.65. The zero-order valence-electron chi connectivity index (χ0n) is 13.8. The van der Waals surface area contributed by atoms with Crippen LogP contribution in [-0.4, -0.2) is 26.0 Å². The number of carbonyl (C=O) groups is 2. The molecule has 0 atom stereocenters. The number of methoxy groups -OCH3 is 2. The summed E-state index contributed by atoms with van der Waals surface area (Å²) < 4.78 is 47.6. The van der Waals surface area contributed by atoms with Crippen LogP contribution in [0.5, 0.6) is 11.5 Å². The SMILES string of the molecule is COc1ccc(OC)c(NC(=O)C(=O)Nc2ccc(C(F)(F)F)cc2)c1. The minimum atomic E-state index is -4.48. The van der Waals surface area contributed by atoms with Crippen molar-refractivity contribution in [1.82, 2.24) is 0 Å². The third-order valence-electron chi connectivity index (χ3n) is 3.33. The summed E-state index contributed by atoms with van der Waals surface area (Å²) in [7, 11) is 2.82. The monoisotopic (exact) mass is 368 g/mol. The molecule has 0 unspecified atom stereocenters. The van der Waals surface area contributed by atoms with Crippen molar-refractivity contribution in [2.45, 2.75) is 6.18 Å². The second kappa shape index (κ2) is 7.77. The average molecular weight is 368 g/mol. The van der Waals surface area contributed by atoms with Crippen molar-refractivity contribution < 1.29 is 32.2 Å². The largest absolute Gasteiger partial charge is 0.497 e. The molecule has 2 N–H and O–H groups in total. The number of hydrogen-bond acceptors (Lipinski definition) is 4. The normalized spacial score (nSPS) is 10.8. The van der Waals surface area contributed by atoms with Gasteiger partial charge in [-0.25, -0.2) is 0 Å². The van der Waals surface area contributed by atoms with Crippen molar-refractivity contribution >= 4 is 23.2 Å². The molecule has 0 aliphatic heterocycles. The van der Waals surface area contributed by atoms with Crippen LogP contribution >= 0.6 is 0 Å². The van der Waals surface area contributed by atoms with E-state index in [-0.39, 0.29) is 11.4 Å². The van der Waals surface area contributed by atoms with Gasteiger partial charge in [0.15, 0.2) is 0 Å². The highest BCUT2D eigenvalue weighted by Gasteiger charge is 2.30. The van der Waals surface area contributed by atoms with Crippen LogP contribution in [0, 0.1) is 0 Å². The van der Waals surface area contributed by atoms with E-state index in [1.165, 1.54) is 20.3 Å². The standard InChI is InChI=1S/C17H15F3N2O4/c1-25-12-7-8-14(26-2)13(9-12)22-16(24)15(23)21-11-5-3-10(4-6-11)17(18,19)20/h3-9H,1-2H3,(H,21,23)(H,22,24). The lowest BCUT2D eigenvalue weighted by Crippen LogP contribution is -2.29. The molecule has 0 heterocycles. The third-order valence-corrected chi connectivity index (χ3v) is 3.33. The molecule has 9 heteroatoms. The number of benzene rings is 2. The van der Waals surface area contributed by atoms with Crippen LogP contribution in [0.1, 0.15) is 5.56 Å². The zero-order valence-corrected chi connectivity index (χ0v) is 13.8. The van der Waals surface area contributed by atoms with Crippen LogP contribution < -0.4 is 20.1 Å². The Labute approximate surface area is 146 Å². The Balaban J connectivity index is 2.07. The van der Waals surface area contributed by atoms with E-state index in [4.69, 9.17) is 9.47 Å². The Morgan fingerprint density at radius 3 is 2.04 bits per heavy atom. The number of carbonyl (C=O) groups excluding carboxylic acids is 2. The van der Waals surface area contributed by atoms with E-state index in [1.54, 1.807) is 12.1 Å². The highest BCUT2D eigenvalue weighted by molar-refractivity contribution is 6.43. The van der Waals surface area contributed by atoms with E-state index in [2.05, 4.69) is 10.6 Å². The second-order valence-electron chi connectivity index (χ2n) is 5.05. The molecule has 138 valence electrons. The van der Waals surface area contributed by atoms with Crippen molar-refractivity contribution in [3.8, 4) is 11.5 Å². The summed E-state index contributed by atoms with van der Waals surface area (Å²) in [5.41, 5.74) is -0.601. The Morgan fingerprint density at radius 1 is 0.885 bits per heavy atom. The van der Waals surface area contributed by atoms with Crippen LogP contribution in [0.4, 0.5) is 24.5 Å². The molecule has 0 radical (unpaired) electrons. The highest BCUT2D eigenvalue weighted by Crippen LogP contribution is 2.30. The van der Waals surface area contributed by atoms with Gasteiger partial charge in [0.25, 0.3) is 0 Å². The van der Waals surface area contributed by atoms with Crippen molar-refractivity contribution in [3.63, 3.8) is 0 Å². The molecule has 6 nitrogen and oxygen atoms in total. The fraction of sp³-hybridized carbons (Fsp3) is 0.176. The fourth-order valence-corrected chi connectivity index (χ4v) is 2.02. The summed E-state index contributed by atoms with van der Waals surface area (Å²) in [5, 5.41) is 4.57. The molecule has 0 saturated carbocycles. The molecule has 0 bridgehead atoms. The first kappa shape index (κ1) is 19.1. The Morgan fingerprint density at radius 2 is 1.50 bits per heavy atom. The number of ether oxygens (including phenoxy) is 2. The molecule has 0 aliphatic carbocycles. The molecular formula is C17H15F3N2O4. The van der Waals surface area contributed by atoms with Crippen molar-refractivity contribution in [2.75, 3.05) is 24.9 Å². The van der Waals surface area contributed by atoms with Gasteiger partial charge in [0.1, 0.15) is 11.5 Å². The molecule has 0 aliphatic rings. The minimum absolute atomic E-state index is 0.0516. The molecule has 0 aromatic heterocycles. The van der Waals surface area contributed by atoms with Gasteiger partial charge in [0.05, 0.1) is 25.5 Å². The van der Waals surface area contributed by atoms with E-state index in [0.717, 1.165) is 24.3 Å². The van der Waals surface area contributed by atoms with E-state index in [9.17, 15) is 22.8 Å². The number of rotatable bonds is 4. The van der Waals surface area contributed by atoms with Crippen LogP contribution in [0.3, 0.4) is 0 Å². The van der Waals surface area contributed by atoms with E-state index >= 15 is 0 Å². The molecule has 2 rings (SSSR count). The maximum absolute atomic E-state index is 12.5. The van der Waals surface area contributed by atoms with Gasteiger partial charge in [-0.15, -0.1) is 0 Å². The number of amides is 2. The molecule has 0 fully saturated rings. The molecular weight excluding hydrogens is 353 g/mol. The van der Waals surface area contributed by atoms with Crippen molar-refractivity contribution in [1.29, 1.82) is 0 Å². The summed E-state index contributed by atoms with van der Waals surface area (Å²) >= 11 is 0.